The van der Waals surface area contributed by atoms with Gasteiger partial charge in [0.2, 0.25) is 0 Å². The number of thiophene rings is 1. The molecule has 1 N–H and O–H groups in total. The number of hydrogen-bond donors (Lipinski definition) is 1. The zero-order chi connectivity index (χ0) is 12.9. The van der Waals surface area contributed by atoms with Crippen LogP contribution in [-0.2, 0) is 6.42 Å². The summed E-state index contributed by atoms with van der Waals surface area (Å²) in [7, 11) is 0. The second-order valence-corrected chi connectivity index (χ2v) is 6.77. The van der Waals surface area contributed by atoms with Crippen molar-refractivity contribution >= 4 is 17.0 Å². The Morgan fingerprint density at radius 1 is 1.17 bits per heavy atom. The minimum atomic E-state index is 0.463. The van der Waals surface area contributed by atoms with Crippen LogP contribution in [-0.4, -0.2) is 0 Å². The lowest BCUT2D eigenvalue weighted by Crippen LogP contribution is -2.06. The highest BCUT2D eigenvalue weighted by Crippen LogP contribution is 2.40. The van der Waals surface area contributed by atoms with Crippen molar-refractivity contribution in [2.24, 2.45) is 0 Å². The summed E-state index contributed by atoms with van der Waals surface area (Å²) in [4.78, 5) is 2.86. The highest BCUT2D eigenvalue weighted by atomic mass is 32.1. The van der Waals surface area contributed by atoms with E-state index in [9.17, 15) is 0 Å². The molecule has 0 fully saturated rings. The summed E-state index contributed by atoms with van der Waals surface area (Å²) >= 11 is 1.90. The van der Waals surface area contributed by atoms with Crippen molar-refractivity contribution < 1.29 is 0 Å². The molecule has 0 saturated carbocycles. The van der Waals surface area contributed by atoms with Gasteiger partial charge in [-0.15, -0.1) is 11.3 Å². The van der Waals surface area contributed by atoms with E-state index in [2.05, 4.69) is 51.2 Å². The SMILES string of the molecule is Cc1cc(C2Cc3ccc(C)c(C)c3N2)c(C)s1. The molecule has 0 bridgehead atoms. The molecule has 0 radical (unpaired) electrons. The van der Waals surface area contributed by atoms with Crippen LogP contribution in [0.15, 0.2) is 18.2 Å². The van der Waals surface area contributed by atoms with Crippen LogP contribution in [0.1, 0.15) is 38.0 Å². The maximum absolute atomic E-state index is 3.72. The fourth-order valence-electron chi connectivity index (χ4n) is 2.87. The molecule has 0 saturated heterocycles. The first-order chi connectivity index (χ1) is 8.56. The van der Waals surface area contributed by atoms with Gasteiger partial charge in [0, 0.05) is 15.4 Å². The van der Waals surface area contributed by atoms with Gasteiger partial charge in [-0.2, -0.15) is 0 Å². The van der Waals surface area contributed by atoms with E-state index in [0.29, 0.717) is 6.04 Å². The van der Waals surface area contributed by atoms with E-state index in [1.54, 1.807) is 0 Å². The van der Waals surface area contributed by atoms with Gasteiger partial charge in [-0.1, -0.05) is 12.1 Å². The maximum Gasteiger partial charge on any atom is 0.0566 e. The number of aryl methyl sites for hydroxylation is 3. The first kappa shape index (κ1) is 11.8. The molecule has 3 rings (SSSR count). The van der Waals surface area contributed by atoms with Gasteiger partial charge in [-0.05, 0) is 62.4 Å². The largest absolute Gasteiger partial charge is 0.377 e. The van der Waals surface area contributed by atoms with Gasteiger partial charge in [0.15, 0.2) is 0 Å². The summed E-state index contributed by atoms with van der Waals surface area (Å²) in [6.07, 6.45) is 1.12. The van der Waals surface area contributed by atoms with E-state index in [1.807, 2.05) is 11.3 Å². The Balaban J connectivity index is 1.98. The summed E-state index contributed by atoms with van der Waals surface area (Å²) in [6, 6.07) is 7.32. The van der Waals surface area contributed by atoms with Crippen LogP contribution in [0, 0.1) is 27.7 Å². The Bertz CT molecular complexity index is 610. The first-order valence-corrected chi connectivity index (χ1v) is 7.30. The monoisotopic (exact) mass is 257 g/mol. The lowest BCUT2D eigenvalue weighted by Gasteiger charge is -2.12. The van der Waals surface area contributed by atoms with Crippen molar-refractivity contribution in [2.75, 3.05) is 5.32 Å². The van der Waals surface area contributed by atoms with E-state index in [0.717, 1.165) is 6.42 Å². The quantitative estimate of drug-likeness (QED) is 0.781. The molecule has 2 aromatic rings. The summed E-state index contributed by atoms with van der Waals surface area (Å²) in [5, 5.41) is 3.72. The third kappa shape index (κ3) is 1.76. The van der Waals surface area contributed by atoms with Crippen LogP contribution >= 0.6 is 11.3 Å². The molecule has 1 aromatic heterocycles. The second kappa shape index (κ2) is 4.13. The van der Waals surface area contributed by atoms with Crippen molar-refractivity contribution in [1.82, 2.24) is 0 Å². The van der Waals surface area contributed by atoms with Crippen LogP contribution in [0.25, 0.3) is 0 Å². The number of rotatable bonds is 1. The molecule has 0 amide bonds. The zero-order valence-corrected chi connectivity index (χ0v) is 12.2. The Hall–Kier alpha value is -1.28. The summed E-state index contributed by atoms with van der Waals surface area (Å²) in [6.45, 7) is 8.83. The average Bonchev–Trinajstić information content (AvgIpc) is 2.87. The maximum atomic E-state index is 3.72. The lowest BCUT2D eigenvalue weighted by atomic mass is 10.0. The molecule has 1 aromatic carbocycles. The minimum absolute atomic E-state index is 0.463. The van der Waals surface area contributed by atoms with Gasteiger partial charge in [0.05, 0.1) is 6.04 Å². The van der Waals surface area contributed by atoms with Crippen LogP contribution in [0.5, 0.6) is 0 Å². The number of fused-ring (bicyclic) bond motifs is 1. The van der Waals surface area contributed by atoms with Crippen molar-refractivity contribution in [2.45, 2.75) is 40.2 Å². The molecule has 18 heavy (non-hydrogen) atoms. The minimum Gasteiger partial charge on any atom is -0.377 e. The van der Waals surface area contributed by atoms with Gasteiger partial charge in [-0.3, -0.25) is 0 Å². The smallest absolute Gasteiger partial charge is 0.0566 e. The molecule has 2 heterocycles. The second-order valence-electron chi connectivity index (χ2n) is 5.31. The van der Waals surface area contributed by atoms with Crippen molar-refractivity contribution in [3.63, 3.8) is 0 Å². The van der Waals surface area contributed by atoms with Crippen molar-refractivity contribution in [3.8, 4) is 0 Å². The van der Waals surface area contributed by atoms with E-state index in [4.69, 9.17) is 0 Å². The van der Waals surface area contributed by atoms with Gasteiger partial charge in [-0.25, -0.2) is 0 Å². The van der Waals surface area contributed by atoms with Crippen LogP contribution in [0.3, 0.4) is 0 Å². The highest BCUT2D eigenvalue weighted by Gasteiger charge is 2.25. The molecule has 0 spiro atoms. The van der Waals surface area contributed by atoms with Crippen molar-refractivity contribution in [1.29, 1.82) is 0 Å². The van der Waals surface area contributed by atoms with E-state index in [-0.39, 0.29) is 0 Å². The normalized spacial score (nSPS) is 17.7. The Labute approximate surface area is 113 Å². The van der Waals surface area contributed by atoms with Gasteiger partial charge in [0.1, 0.15) is 0 Å². The fraction of sp³-hybridized carbons (Fsp3) is 0.375. The highest BCUT2D eigenvalue weighted by molar-refractivity contribution is 7.12. The van der Waals surface area contributed by atoms with E-state index in [1.165, 1.54) is 37.7 Å². The molecule has 0 aliphatic carbocycles. The Morgan fingerprint density at radius 3 is 2.61 bits per heavy atom. The molecule has 94 valence electrons. The number of nitrogens with one attached hydrogen (secondary N) is 1. The van der Waals surface area contributed by atoms with E-state index >= 15 is 0 Å². The summed E-state index contributed by atoms with van der Waals surface area (Å²) in [5.74, 6) is 0. The zero-order valence-electron chi connectivity index (χ0n) is 11.4. The first-order valence-electron chi connectivity index (χ1n) is 6.49. The number of hydrogen-bond acceptors (Lipinski definition) is 2. The lowest BCUT2D eigenvalue weighted by molar-refractivity contribution is 0.822. The van der Waals surface area contributed by atoms with Gasteiger partial charge >= 0.3 is 0 Å². The molecule has 1 unspecified atom stereocenters. The molecule has 2 heteroatoms. The van der Waals surface area contributed by atoms with E-state index < -0.39 is 0 Å². The number of benzene rings is 1. The molecular formula is C16H19NS. The third-order valence-corrected chi connectivity index (χ3v) is 5.00. The molecule has 1 aliphatic rings. The van der Waals surface area contributed by atoms with Crippen molar-refractivity contribution in [3.05, 3.63) is 50.2 Å². The fourth-order valence-corrected chi connectivity index (χ4v) is 3.86. The van der Waals surface area contributed by atoms with Gasteiger partial charge in [0.25, 0.3) is 0 Å². The summed E-state index contributed by atoms with van der Waals surface area (Å²) in [5.41, 5.74) is 7.08. The standard InChI is InChI=1S/C16H19NS/c1-9-5-6-13-8-15(17-16(13)11(9)3)14-7-10(2)18-12(14)4/h5-7,15,17H,8H2,1-4H3. The third-order valence-electron chi connectivity index (χ3n) is 4.02. The Morgan fingerprint density at radius 2 is 1.94 bits per heavy atom. The number of anilines is 1. The molecular weight excluding hydrogens is 238 g/mol. The van der Waals surface area contributed by atoms with Crippen LogP contribution in [0.2, 0.25) is 0 Å². The summed E-state index contributed by atoms with van der Waals surface area (Å²) < 4.78 is 0. The Kier molecular flexibility index (Phi) is 2.70. The van der Waals surface area contributed by atoms with Gasteiger partial charge < -0.3 is 5.32 Å². The van der Waals surface area contributed by atoms with Crippen LogP contribution < -0.4 is 5.32 Å². The average molecular weight is 257 g/mol. The molecule has 1 atom stereocenters. The molecule has 1 aliphatic heterocycles. The predicted octanol–water partition coefficient (Wildman–Crippen LogP) is 4.69. The predicted molar refractivity (Wildman–Crippen MR) is 79.8 cm³/mol. The topological polar surface area (TPSA) is 12.0 Å². The molecule has 1 nitrogen and oxygen atoms in total. The van der Waals surface area contributed by atoms with Crippen LogP contribution in [0.4, 0.5) is 5.69 Å².